The molecule has 0 N–H and O–H groups in total. The van der Waals surface area contributed by atoms with Gasteiger partial charge in [0, 0.05) is 45.9 Å². The minimum atomic E-state index is 0.246. The zero-order valence-corrected chi connectivity index (χ0v) is 11.8. The molecule has 5 heteroatoms. The molecule has 4 saturated heterocycles. The average Bonchev–Trinajstić information content (AvgIpc) is 3.08. The summed E-state index contributed by atoms with van der Waals surface area (Å²) in [5.74, 6) is 0. The number of fused-ring (bicyclic) bond motifs is 12. The van der Waals surface area contributed by atoms with E-state index in [-0.39, 0.29) is 5.54 Å². The van der Waals surface area contributed by atoms with Gasteiger partial charge in [0.2, 0.25) is 0 Å². The third kappa shape index (κ3) is 3.67. The van der Waals surface area contributed by atoms with E-state index in [4.69, 9.17) is 14.2 Å². The Bertz CT molecular complexity index is 269. The van der Waals surface area contributed by atoms with E-state index in [0.29, 0.717) is 0 Å². The molecule has 4 rings (SSSR count). The maximum atomic E-state index is 5.91. The van der Waals surface area contributed by atoms with Crippen LogP contribution in [0.15, 0.2) is 0 Å². The molecule has 110 valence electrons. The highest BCUT2D eigenvalue weighted by molar-refractivity contribution is 5.07. The molecule has 0 saturated carbocycles. The van der Waals surface area contributed by atoms with Crippen molar-refractivity contribution in [3.63, 3.8) is 0 Å². The van der Waals surface area contributed by atoms with Crippen LogP contribution < -0.4 is 0 Å². The maximum Gasteiger partial charge on any atom is 0.0663 e. The van der Waals surface area contributed by atoms with Gasteiger partial charge in [0.25, 0.3) is 0 Å². The van der Waals surface area contributed by atoms with Gasteiger partial charge in [-0.25, -0.2) is 0 Å². The summed E-state index contributed by atoms with van der Waals surface area (Å²) in [4.78, 5) is 4.92. The topological polar surface area (TPSA) is 33.9 Å². The number of nitrogens with zero attached hydrogens (tertiary/aromatic N) is 2. The normalized spacial score (nSPS) is 41.7. The fraction of sp³-hybridized carbons (Fsp3) is 1.00. The number of hydrogen-bond acceptors (Lipinski definition) is 5. The van der Waals surface area contributed by atoms with E-state index in [1.54, 1.807) is 0 Å². The summed E-state index contributed by atoms with van der Waals surface area (Å²) in [6.45, 7) is 10.4. The van der Waals surface area contributed by atoms with E-state index in [9.17, 15) is 0 Å². The van der Waals surface area contributed by atoms with Crippen LogP contribution in [-0.4, -0.2) is 87.7 Å². The summed E-state index contributed by atoms with van der Waals surface area (Å²) in [6.07, 6.45) is 2.20. The first-order chi connectivity index (χ1) is 9.39. The summed E-state index contributed by atoms with van der Waals surface area (Å²) >= 11 is 0. The minimum Gasteiger partial charge on any atom is -0.380 e. The first-order valence-electron chi connectivity index (χ1n) is 7.60. The largest absolute Gasteiger partial charge is 0.380 e. The lowest BCUT2D eigenvalue weighted by molar-refractivity contribution is 0.0458. The lowest BCUT2D eigenvalue weighted by Crippen LogP contribution is -2.34. The first kappa shape index (κ1) is 13.8. The quantitative estimate of drug-likeness (QED) is 0.587. The first-order valence-corrected chi connectivity index (χ1v) is 7.60. The molecule has 4 heterocycles. The predicted molar refractivity (Wildman–Crippen MR) is 72.4 cm³/mol. The number of hydrogen-bond donors (Lipinski definition) is 0. The van der Waals surface area contributed by atoms with Gasteiger partial charge in [-0.2, -0.15) is 0 Å². The zero-order valence-electron chi connectivity index (χ0n) is 11.8. The number of ether oxygens (including phenoxy) is 3. The van der Waals surface area contributed by atoms with Crippen LogP contribution in [0, 0.1) is 0 Å². The van der Waals surface area contributed by atoms with Crippen molar-refractivity contribution >= 4 is 0 Å². The highest BCUT2D eigenvalue weighted by atomic mass is 16.5. The number of rotatable bonds is 0. The van der Waals surface area contributed by atoms with Crippen LogP contribution in [-0.2, 0) is 14.2 Å². The summed E-state index contributed by atoms with van der Waals surface area (Å²) in [5, 5.41) is 0. The third-order valence-corrected chi connectivity index (χ3v) is 4.51. The van der Waals surface area contributed by atoms with Crippen LogP contribution >= 0.6 is 0 Å². The Morgan fingerprint density at radius 2 is 1.53 bits per heavy atom. The second-order valence-corrected chi connectivity index (χ2v) is 5.87. The smallest absolute Gasteiger partial charge is 0.0663 e. The molecule has 0 aliphatic carbocycles. The Balaban J connectivity index is 1.65. The van der Waals surface area contributed by atoms with E-state index >= 15 is 0 Å². The van der Waals surface area contributed by atoms with Gasteiger partial charge in [-0.3, -0.25) is 9.80 Å². The van der Waals surface area contributed by atoms with Crippen molar-refractivity contribution in [2.75, 3.05) is 72.4 Å². The van der Waals surface area contributed by atoms with Gasteiger partial charge >= 0.3 is 0 Å². The van der Waals surface area contributed by atoms with Gasteiger partial charge in [-0.15, -0.1) is 0 Å². The lowest BCUT2D eigenvalue weighted by atomic mass is 10.1. The van der Waals surface area contributed by atoms with Crippen LogP contribution in [0.1, 0.15) is 12.8 Å². The molecule has 0 aromatic heterocycles. The van der Waals surface area contributed by atoms with Crippen molar-refractivity contribution in [1.82, 2.24) is 9.80 Å². The second kappa shape index (κ2) is 6.50. The lowest BCUT2D eigenvalue weighted by Gasteiger charge is -2.23. The van der Waals surface area contributed by atoms with Gasteiger partial charge in [0.15, 0.2) is 0 Å². The summed E-state index contributed by atoms with van der Waals surface area (Å²) in [7, 11) is 0. The Labute approximate surface area is 115 Å². The van der Waals surface area contributed by atoms with E-state index < -0.39 is 0 Å². The Morgan fingerprint density at radius 1 is 0.737 bits per heavy atom. The molecule has 0 aromatic carbocycles. The second-order valence-electron chi connectivity index (χ2n) is 5.87. The van der Waals surface area contributed by atoms with Gasteiger partial charge in [0.05, 0.1) is 32.0 Å². The minimum absolute atomic E-state index is 0.246. The van der Waals surface area contributed by atoms with E-state index in [1.807, 2.05) is 0 Å². The molecular weight excluding hydrogens is 244 g/mol. The Kier molecular flexibility index (Phi) is 4.71. The molecule has 4 aliphatic rings. The highest BCUT2D eigenvalue weighted by Crippen LogP contribution is 2.36. The van der Waals surface area contributed by atoms with E-state index in [2.05, 4.69) is 9.80 Å². The SMILES string of the molecule is C1COCC23CCOCCN(C1)CCOCCN2C3. The molecule has 5 nitrogen and oxygen atoms in total. The molecular formula is C14H26N2O3. The van der Waals surface area contributed by atoms with Crippen LogP contribution in [0.2, 0.25) is 0 Å². The van der Waals surface area contributed by atoms with E-state index in [1.165, 1.54) is 0 Å². The third-order valence-electron chi connectivity index (χ3n) is 4.51. The molecule has 1 spiro atoms. The average molecular weight is 270 g/mol. The molecule has 19 heavy (non-hydrogen) atoms. The van der Waals surface area contributed by atoms with Gasteiger partial charge in [-0.05, 0) is 12.8 Å². The van der Waals surface area contributed by atoms with Crippen molar-refractivity contribution in [3.05, 3.63) is 0 Å². The highest BCUT2D eigenvalue weighted by Gasteiger charge is 2.51. The van der Waals surface area contributed by atoms with Crippen LogP contribution in [0.3, 0.4) is 0 Å². The van der Waals surface area contributed by atoms with Gasteiger partial charge in [-0.1, -0.05) is 0 Å². The molecule has 3 unspecified atom stereocenters. The molecule has 4 fully saturated rings. The fourth-order valence-corrected chi connectivity index (χ4v) is 3.10. The van der Waals surface area contributed by atoms with Gasteiger partial charge < -0.3 is 14.2 Å². The van der Waals surface area contributed by atoms with Crippen molar-refractivity contribution in [2.45, 2.75) is 18.4 Å². The monoisotopic (exact) mass is 270 g/mol. The summed E-state index contributed by atoms with van der Waals surface area (Å²) in [6, 6.07) is 0. The fourth-order valence-electron chi connectivity index (χ4n) is 3.10. The summed E-state index contributed by atoms with van der Waals surface area (Å²) in [5.41, 5.74) is 0.246. The molecule has 0 aromatic rings. The molecule has 0 amide bonds. The van der Waals surface area contributed by atoms with Crippen LogP contribution in [0.4, 0.5) is 0 Å². The zero-order chi connectivity index (χ0) is 13.0. The van der Waals surface area contributed by atoms with Crippen LogP contribution in [0.25, 0.3) is 0 Å². The standard InChI is InChI=1S/C14H26N2O3/c1-3-15-4-9-17-8-2-14(13-19-7-1)12-16(14)6-11-18-10-5-15/h1-13H2. The van der Waals surface area contributed by atoms with Crippen molar-refractivity contribution in [2.24, 2.45) is 0 Å². The van der Waals surface area contributed by atoms with Gasteiger partial charge in [0.1, 0.15) is 0 Å². The summed E-state index contributed by atoms with van der Waals surface area (Å²) < 4.78 is 17.5. The molecule has 4 aliphatic heterocycles. The predicted octanol–water partition coefficient (Wildman–Crippen LogP) is 0.200. The van der Waals surface area contributed by atoms with Crippen molar-refractivity contribution < 1.29 is 14.2 Å². The maximum absolute atomic E-state index is 5.91. The molecule has 2 bridgehead atoms. The van der Waals surface area contributed by atoms with E-state index in [0.717, 1.165) is 85.2 Å². The molecule has 0 radical (unpaired) electrons. The van der Waals surface area contributed by atoms with Crippen molar-refractivity contribution in [3.8, 4) is 0 Å². The Hall–Kier alpha value is -0.200. The van der Waals surface area contributed by atoms with Crippen molar-refractivity contribution in [1.29, 1.82) is 0 Å². The molecule has 3 atom stereocenters. The van der Waals surface area contributed by atoms with Crippen LogP contribution in [0.5, 0.6) is 0 Å². The Morgan fingerprint density at radius 3 is 2.42 bits per heavy atom.